The van der Waals surface area contributed by atoms with Crippen molar-refractivity contribution in [2.45, 2.75) is 49.7 Å². The van der Waals surface area contributed by atoms with E-state index in [1.54, 1.807) is 7.11 Å². The maximum atomic E-state index is 12.7. The van der Waals surface area contributed by atoms with Crippen LogP contribution in [0.4, 0.5) is 0 Å². The second-order valence-corrected chi connectivity index (χ2v) is 11.0. The Balaban J connectivity index is 1.10. The highest BCUT2D eigenvalue weighted by atomic mass is 32.2. The summed E-state index contributed by atoms with van der Waals surface area (Å²) in [5, 5.41) is 3.17. The molecule has 0 unspecified atom stereocenters. The van der Waals surface area contributed by atoms with E-state index in [0.717, 1.165) is 53.5 Å². The summed E-state index contributed by atoms with van der Waals surface area (Å²) in [4.78, 5) is 12.7. The fraction of sp³-hybridized carbons (Fsp3) is 0.696. The van der Waals surface area contributed by atoms with Crippen LogP contribution in [0, 0.1) is 23.7 Å². The third-order valence-corrected chi connectivity index (χ3v) is 8.86. The van der Waals surface area contributed by atoms with Crippen molar-refractivity contribution in [3.8, 4) is 11.5 Å². The van der Waals surface area contributed by atoms with Gasteiger partial charge in [-0.25, -0.2) is 0 Å². The van der Waals surface area contributed by atoms with Gasteiger partial charge in [0.1, 0.15) is 18.1 Å². The molecule has 0 spiro atoms. The van der Waals surface area contributed by atoms with Crippen molar-refractivity contribution < 1.29 is 14.3 Å². The van der Waals surface area contributed by atoms with Gasteiger partial charge in [0, 0.05) is 17.0 Å². The van der Waals surface area contributed by atoms with Gasteiger partial charge >= 0.3 is 0 Å². The molecule has 4 aliphatic carbocycles. The van der Waals surface area contributed by atoms with E-state index in [2.05, 4.69) is 17.1 Å². The first-order valence-electron chi connectivity index (χ1n) is 10.8. The number of ether oxygens (including phenoxy) is 2. The molecule has 4 nitrogen and oxygen atoms in total. The minimum absolute atomic E-state index is 0.107. The van der Waals surface area contributed by atoms with Crippen LogP contribution in [0.25, 0.3) is 0 Å². The van der Waals surface area contributed by atoms with Crippen molar-refractivity contribution in [3.05, 3.63) is 23.8 Å². The number of rotatable bonds is 6. The highest BCUT2D eigenvalue weighted by Crippen LogP contribution is 2.60. The van der Waals surface area contributed by atoms with Gasteiger partial charge in [0.2, 0.25) is 5.91 Å². The summed E-state index contributed by atoms with van der Waals surface area (Å²) in [5.74, 6) is 5.72. The third-order valence-electron chi connectivity index (χ3n) is 7.34. The van der Waals surface area contributed by atoms with Crippen LogP contribution in [0.3, 0.4) is 0 Å². The smallest absolute Gasteiger partial charge is 0.226 e. The van der Waals surface area contributed by atoms with Crippen LogP contribution in [0.1, 0.15) is 44.1 Å². The Morgan fingerprint density at radius 2 is 1.93 bits per heavy atom. The summed E-state index contributed by atoms with van der Waals surface area (Å²) in [6.07, 6.45) is 9.46. The number of hydrogen-bond donors (Lipinski definition) is 1. The predicted octanol–water partition coefficient (Wildman–Crippen LogP) is 4.06. The Hall–Kier alpha value is -1.36. The molecule has 1 aromatic rings. The summed E-state index contributed by atoms with van der Waals surface area (Å²) in [6.45, 7) is 1.24. The number of amides is 1. The van der Waals surface area contributed by atoms with Crippen LogP contribution >= 0.6 is 11.8 Å². The first-order chi connectivity index (χ1) is 13.6. The lowest BCUT2D eigenvalue weighted by molar-refractivity contribution is -0.126. The van der Waals surface area contributed by atoms with Gasteiger partial charge in [0.05, 0.1) is 13.0 Å². The lowest BCUT2D eigenvalue weighted by Crippen LogP contribution is -2.49. The standard InChI is InChI=1S/C23H31NO3S/c1-26-20-2-3-21-18(10-20)9-19(14-27-21)22(25)24-4-5-28-23-11-15-6-16(12-23)8-17(7-15)13-23/h2-3,10,15-17,19H,4-9,11-14H2,1H3,(H,24,25)/t15?,16?,17?,19-,23?/m0/s1. The quantitative estimate of drug-likeness (QED) is 0.730. The number of carbonyl (C=O) groups is 1. The molecule has 1 amide bonds. The fourth-order valence-electron chi connectivity index (χ4n) is 6.46. The minimum Gasteiger partial charge on any atom is -0.497 e. The molecule has 1 N–H and O–H groups in total. The second-order valence-electron chi connectivity index (χ2n) is 9.43. The zero-order chi connectivity index (χ0) is 19.1. The Kier molecular flexibility index (Phi) is 4.98. The van der Waals surface area contributed by atoms with Crippen molar-refractivity contribution >= 4 is 17.7 Å². The summed E-state index contributed by atoms with van der Waals surface area (Å²) in [6, 6.07) is 5.82. The third kappa shape index (κ3) is 3.62. The lowest BCUT2D eigenvalue weighted by Gasteiger charge is -2.56. The molecule has 1 heterocycles. The van der Waals surface area contributed by atoms with E-state index in [-0.39, 0.29) is 11.8 Å². The molecule has 4 fully saturated rings. The first kappa shape index (κ1) is 18.7. The van der Waals surface area contributed by atoms with Gasteiger partial charge in [-0.3, -0.25) is 4.79 Å². The van der Waals surface area contributed by atoms with Crippen molar-refractivity contribution in [1.29, 1.82) is 0 Å². The predicted molar refractivity (Wildman–Crippen MR) is 112 cm³/mol. The SMILES string of the molecule is COc1ccc2c(c1)C[C@H](C(=O)NCCSC13CC4CC(CC(C4)C1)C3)CO2. The Bertz CT molecular complexity index is 714. The Morgan fingerprint density at radius 1 is 1.21 bits per heavy atom. The average Bonchev–Trinajstić information content (AvgIpc) is 2.69. The topological polar surface area (TPSA) is 47.6 Å². The van der Waals surface area contributed by atoms with E-state index in [9.17, 15) is 4.79 Å². The van der Waals surface area contributed by atoms with Gasteiger partial charge in [-0.15, -0.1) is 0 Å². The van der Waals surface area contributed by atoms with Gasteiger partial charge in [0.25, 0.3) is 0 Å². The van der Waals surface area contributed by atoms with Gasteiger partial charge in [-0.2, -0.15) is 11.8 Å². The second kappa shape index (κ2) is 7.47. The van der Waals surface area contributed by atoms with E-state index in [0.29, 0.717) is 11.4 Å². The van der Waals surface area contributed by atoms with Crippen LogP contribution in [0.15, 0.2) is 18.2 Å². The average molecular weight is 402 g/mol. The molecule has 5 heteroatoms. The number of carbonyl (C=O) groups excluding carboxylic acids is 1. The molecule has 1 atom stereocenters. The van der Waals surface area contributed by atoms with Crippen molar-refractivity contribution in [2.24, 2.45) is 23.7 Å². The maximum absolute atomic E-state index is 12.7. The van der Waals surface area contributed by atoms with Crippen LogP contribution in [0.5, 0.6) is 11.5 Å². The summed E-state index contributed by atoms with van der Waals surface area (Å²) in [7, 11) is 1.66. The normalized spacial score (nSPS) is 35.2. The number of thioether (sulfide) groups is 1. The number of benzene rings is 1. The van der Waals surface area contributed by atoms with Gasteiger partial charge in [-0.05, 0) is 86.5 Å². The van der Waals surface area contributed by atoms with E-state index < -0.39 is 0 Å². The fourth-order valence-corrected chi connectivity index (χ4v) is 8.16. The molecule has 5 aliphatic rings. The molecule has 0 radical (unpaired) electrons. The molecule has 4 bridgehead atoms. The van der Waals surface area contributed by atoms with Crippen LogP contribution in [-0.2, 0) is 11.2 Å². The zero-order valence-electron chi connectivity index (χ0n) is 16.7. The minimum atomic E-state index is -0.107. The van der Waals surface area contributed by atoms with Gasteiger partial charge in [0.15, 0.2) is 0 Å². The zero-order valence-corrected chi connectivity index (χ0v) is 17.6. The monoisotopic (exact) mass is 401 g/mol. The highest BCUT2D eigenvalue weighted by Gasteiger charge is 2.50. The van der Waals surface area contributed by atoms with Gasteiger partial charge < -0.3 is 14.8 Å². The van der Waals surface area contributed by atoms with E-state index >= 15 is 0 Å². The molecular formula is C23H31NO3S. The summed E-state index contributed by atoms with van der Waals surface area (Å²) < 4.78 is 11.6. The van der Waals surface area contributed by atoms with Gasteiger partial charge in [-0.1, -0.05) is 0 Å². The maximum Gasteiger partial charge on any atom is 0.226 e. The van der Waals surface area contributed by atoms with Crippen LogP contribution in [-0.4, -0.2) is 36.7 Å². The molecule has 152 valence electrons. The number of hydrogen-bond acceptors (Lipinski definition) is 4. The molecule has 0 saturated heterocycles. The van der Waals surface area contributed by atoms with Crippen LogP contribution < -0.4 is 14.8 Å². The molecule has 6 rings (SSSR count). The van der Waals surface area contributed by atoms with E-state index in [1.807, 2.05) is 18.2 Å². The Morgan fingerprint density at radius 3 is 2.61 bits per heavy atom. The van der Waals surface area contributed by atoms with Crippen molar-refractivity contribution in [1.82, 2.24) is 5.32 Å². The largest absolute Gasteiger partial charge is 0.497 e. The summed E-state index contributed by atoms with van der Waals surface area (Å²) >= 11 is 2.15. The molecule has 28 heavy (non-hydrogen) atoms. The molecular weight excluding hydrogens is 370 g/mol. The molecule has 4 saturated carbocycles. The Labute approximate surface area is 172 Å². The molecule has 0 aromatic heterocycles. The van der Waals surface area contributed by atoms with Crippen molar-refractivity contribution in [3.63, 3.8) is 0 Å². The first-order valence-corrected chi connectivity index (χ1v) is 11.8. The summed E-state index contributed by atoms with van der Waals surface area (Å²) in [5.41, 5.74) is 1.06. The molecule has 1 aromatic carbocycles. The lowest BCUT2D eigenvalue weighted by atomic mass is 9.56. The van der Waals surface area contributed by atoms with E-state index in [4.69, 9.17) is 9.47 Å². The number of nitrogens with one attached hydrogen (secondary N) is 1. The number of fused-ring (bicyclic) bond motifs is 1. The number of methoxy groups -OCH3 is 1. The van der Waals surface area contributed by atoms with Crippen molar-refractivity contribution in [2.75, 3.05) is 26.0 Å². The van der Waals surface area contributed by atoms with Crippen LogP contribution in [0.2, 0.25) is 0 Å². The van der Waals surface area contributed by atoms with E-state index in [1.165, 1.54) is 38.5 Å². The highest BCUT2D eigenvalue weighted by molar-refractivity contribution is 8.00. The molecule has 1 aliphatic heterocycles.